The summed E-state index contributed by atoms with van der Waals surface area (Å²) in [5.41, 5.74) is 0.0630. The SMILES string of the molecule is N#CC(=NO)c1nc2ccccn2c1N=O. The van der Waals surface area contributed by atoms with Gasteiger partial charge in [0.05, 0.1) is 0 Å². The van der Waals surface area contributed by atoms with Crippen LogP contribution in [0.5, 0.6) is 0 Å². The molecule has 0 aromatic carbocycles. The van der Waals surface area contributed by atoms with Crippen LogP contribution >= 0.6 is 0 Å². The van der Waals surface area contributed by atoms with E-state index >= 15 is 0 Å². The van der Waals surface area contributed by atoms with E-state index in [9.17, 15) is 4.91 Å². The molecule has 7 heteroatoms. The van der Waals surface area contributed by atoms with E-state index in [4.69, 9.17) is 10.5 Å². The lowest BCUT2D eigenvalue weighted by Crippen LogP contribution is -1.97. The fourth-order valence-corrected chi connectivity index (χ4v) is 1.35. The highest BCUT2D eigenvalue weighted by molar-refractivity contribution is 6.13. The Balaban J connectivity index is 2.81. The number of hydrogen-bond acceptors (Lipinski definition) is 6. The van der Waals surface area contributed by atoms with Crippen molar-refractivity contribution in [2.45, 2.75) is 0 Å². The average Bonchev–Trinajstić information content (AvgIpc) is 2.69. The highest BCUT2D eigenvalue weighted by atomic mass is 16.4. The lowest BCUT2D eigenvalue weighted by atomic mass is 10.3. The van der Waals surface area contributed by atoms with Gasteiger partial charge in [-0.2, -0.15) is 5.26 Å². The third-order valence-corrected chi connectivity index (χ3v) is 2.02. The van der Waals surface area contributed by atoms with Gasteiger partial charge in [0.25, 0.3) is 0 Å². The number of hydrogen-bond donors (Lipinski definition) is 1. The van der Waals surface area contributed by atoms with Gasteiger partial charge in [0.2, 0.25) is 11.5 Å². The predicted octanol–water partition coefficient (Wildman–Crippen LogP) is 1.43. The van der Waals surface area contributed by atoms with Gasteiger partial charge < -0.3 is 5.21 Å². The van der Waals surface area contributed by atoms with E-state index < -0.39 is 0 Å². The van der Waals surface area contributed by atoms with Gasteiger partial charge in [0, 0.05) is 6.20 Å². The molecule has 0 bridgehead atoms. The van der Waals surface area contributed by atoms with Crippen molar-refractivity contribution < 1.29 is 5.21 Å². The number of fused-ring (bicyclic) bond motifs is 1. The zero-order chi connectivity index (χ0) is 11.5. The quantitative estimate of drug-likeness (QED) is 0.354. The first kappa shape index (κ1) is 9.79. The van der Waals surface area contributed by atoms with Crippen LogP contribution in [0.1, 0.15) is 5.69 Å². The van der Waals surface area contributed by atoms with Crippen molar-refractivity contribution in [1.82, 2.24) is 9.38 Å². The number of aromatic nitrogens is 2. The maximum atomic E-state index is 10.7. The summed E-state index contributed by atoms with van der Waals surface area (Å²) in [7, 11) is 0. The molecule has 1 N–H and O–H groups in total. The Morgan fingerprint density at radius 3 is 3.00 bits per heavy atom. The van der Waals surface area contributed by atoms with Crippen LogP contribution in [-0.4, -0.2) is 20.3 Å². The molecular formula is C9H5N5O2. The van der Waals surface area contributed by atoms with Gasteiger partial charge in [-0.05, 0) is 17.3 Å². The third kappa shape index (κ3) is 1.29. The molecule has 0 amide bonds. The van der Waals surface area contributed by atoms with Crippen molar-refractivity contribution >= 4 is 17.2 Å². The van der Waals surface area contributed by atoms with E-state index in [2.05, 4.69) is 15.3 Å². The number of imidazole rings is 1. The normalized spacial score (nSPS) is 11.3. The van der Waals surface area contributed by atoms with Crippen LogP contribution in [0.25, 0.3) is 5.65 Å². The van der Waals surface area contributed by atoms with E-state index in [1.165, 1.54) is 4.40 Å². The number of oxime groups is 1. The summed E-state index contributed by atoms with van der Waals surface area (Å²) in [6.07, 6.45) is 1.58. The summed E-state index contributed by atoms with van der Waals surface area (Å²) in [5, 5.41) is 22.8. The molecule has 0 aliphatic heterocycles. The van der Waals surface area contributed by atoms with Crippen LogP contribution in [0.3, 0.4) is 0 Å². The van der Waals surface area contributed by atoms with Crippen molar-refractivity contribution in [2.75, 3.05) is 0 Å². The van der Waals surface area contributed by atoms with Gasteiger partial charge >= 0.3 is 0 Å². The standard InChI is InChI=1S/C9H5N5O2/c10-5-6(12-15)8-9(13-16)14-4-2-1-3-7(14)11-8/h1-4,15H. The first-order valence-electron chi connectivity index (χ1n) is 4.24. The van der Waals surface area contributed by atoms with Crippen LogP contribution in [0.15, 0.2) is 34.7 Å². The van der Waals surface area contributed by atoms with Crippen molar-refractivity contribution in [3.63, 3.8) is 0 Å². The molecule has 0 aliphatic carbocycles. The molecule has 78 valence electrons. The Morgan fingerprint density at radius 2 is 2.38 bits per heavy atom. The molecule has 0 fully saturated rings. The maximum Gasteiger partial charge on any atom is 0.212 e. The topological polar surface area (TPSA) is 103 Å². The molecule has 16 heavy (non-hydrogen) atoms. The molecule has 0 radical (unpaired) electrons. The minimum atomic E-state index is -0.349. The molecule has 2 aromatic heterocycles. The van der Waals surface area contributed by atoms with Crippen LogP contribution < -0.4 is 0 Å². The van der Waals surface area contributed by atoms with Gasteiger partial charge in [0.15, 0.2) is 5.69 Å². The summed E-state index contributed by atoms with van der Waals surface area (Å²) in [6.45, 7) is 0. The molecule has 0 unspecified atom stereocenters. The number of rotatable bonds is 2. The lowest BCUT2D eigenvalue weighted by Gasteiger charge is -1.92. The van der Waals surface area contributed by atoms with Gasteiger partial charge in [0.1, 0.15) is 11.7 Å². The summed E-state index contributed by atoms with van der Waals surface area (Å²) in [4.78, 5) is 14.7. The van der Waals surface area contributed by atoms with Gasteiger partial charge in [-0.3, -0.25) is 4.40 Å². The van der Waals surface area contributed by atoms with Gasteiger partial charge in [-0.1, -0.05) is 11.2 Å². The van der Waals surface area contributed by atoms with Crippen LogP contribution in [0.2, 0.25) is 0 Å². The number of pyridine rings is 1. The molecule has 0 saturated carbocycles. The average molecular weight is 215 g/mol. The Hall–Kier alpha value is -2.75. The molecule has 0 atom stereocenters. The van der Waals surface area contributed by atoms with Crippen LogP contribution in [0, 0.1) is 16.2 Å². The Bertz CT molecular complexity index is 622. The summed E-state index contributed by atoms with van der Waals surface area (Å²) in [5.74, 6) is -0.0649. The Morgan fingerprint density at radius 1 is 1.56 bits per heavy atom. The van der Waals surface area contributed by atoms with Crippen LogP contribution in [-0.2, 0) is 0 Å². The fourth-order valence-electron chi connectivity index (χ4n) is 1.35. The van der Waals surface area contributed by atoms with Crippen LogP contribution in [0.4, 0.5) is 5.82 Å². The highest BCUT2D eigenvalue weighted by Gasteiger charge is 2.18. The minimum Gasteiger partial charge on any atom is -0.410 e. The molecular weight excluding hydrogens is 210 g/mol. The number of nitroso groups, excluding NO2 is 1. The van der Waals surface area contributed by atoms with Crippen molar-refractivity contribution in [2.24, 2.45) is 10.3 Å². The van der Waals surface area contributed by atoms with E-state index in [0.717, 1.165) is 0 Å². The van der Waals surface area contributed by atoms with Gasteiger partial charge in [-0.25, -0.2) is 4.98 Å². The molecule has 0 spiro atoms. The fraction of sp³-hybridized carbons (Fsp3) is 0. The molecule has 2 heterocycles. The van der Waals surface area contributed by atoms with E-state index in [0.29, 0.717) is 5.65 Å². The van der Waals surface area contributed by atoms with Gasteiger partial charge in [-0.15, -0.1) is 4.91 Å². The smallest absolute Gasteiger partial charge is 0.212 e. The zero-order valence-electron chi connectivity index (χ0n) is 7.90. The zero-order valence-corrected chi connectivity index (χ0v) is 7.90. The lowest BCUT2D eigenvalue weighted by molar-refractivity contribution is 0.320. The molecule has 2 rings (SSSR count). The summed E-state index contributed by atoms with van der Waals surface area (Å²) < 4.78 is 1.41. The van der Waals surface area contributed by atoms with E-state index in [1.54, 1.807) is 30.5 Å². The third-order valence-electron chi connectivity index (χ3n) is 2.02. The summed E-state index contributed by atoms with van der Waals surface area (Å²) >= 11 is 0. The first-order valence-corrected chi connectivity index (χ1v) is 4.24. The second-order valence-electron chi connectivity index (χ2n) is 2.86. The largest absolute Gasteiger partial charge is 0.410 e. The first-order chi connectivity index (χ1) is 7.81. The number of nitrogens with zero attached hydrogens (tertiary/aromatic N) is 5. The minimum absolute atomic E-state index is 0.0359. The molecule has 0 saturated heterocycles. The van der Waals surface area contributed by atoms with Crippen molar-refractivity contribution in [3.8, 4) is 6.07 Å². The Kier molecular flexibility index (Phi) is 2.31. The maximum absolute atomic E-state index is 10.7. The molecule has 0 aliphatic rings. The van der Waals surface area contributed by atoms with Crippen molar-refractivity contribution in [3.05, 3.63) is 35.0 Å². The summed E-state index contributed by atoms with van der Waals surface area (Å²) in [6, 6.07) is 6.69. The monoisotopic (exact) mass is 215 g/mol. The van der Waals surface area contributed by atoms with Crippen molar-refractivity contribution in [1.29, 1.82) is 5.26 Å². The van der Waals surface area contributed by atoms with E-state index in [1.807, 2.05) is 0 Å². The second-order valence-corrected chi connectivity index (χ2v) is 2.86. The molecule has 2 aromatic rings. The molecule has 7 nitrogen and oxygen atoms in total. The number of nitriles is 1. The van der Waals surface area contributed by atoms with E-state index in [-0.39, 0.29) is 17.2 Å². The Labute approximate surface area is 89.2 Å². The predicted molar refractivity (Wildman–Crippen MR) is 54.6 cm³/mol. The second kappa shape index (κ2) is 3.78. The highest BCUT2D eigenvalue weighted by Crippen LogP contribution is 2.21.